The number of halogens is 9. The SMILES string of the molecule is O=C(Nc1cc(Cl)cc([N+](=O)[O-])c1NC(=O)C(F)(F)C(F)F)C(F)(F)C(F)F. The van der Waals surface area contributed by atoms with Gasteiger partial charge in [0.05, 0.1) is 10.6 Å². The molecule has 28 heavy (non-hydrogen) atoms. The molecule has 0 heterocycles. The van der Waals surface area contributed by atoms with Crippen LogP contribution in [0.2, 0.25) is 5.02 Å². The molecule has 0 atom stereocenters. The summed E-state index contributed by atoms with van der Waals surface area (Å²) in [5.41, 5.74) is -4.14. The van der Waals surface area contributed by atoms with Gasteiger partial charge in [-0.2, -0.15) is 17.6 Å². The molecule has 16 heteroatoms. The highest BCUT2D eigenvalue weighted by Crippen LogP contribution is 2.38. The lowest BCUT2D eigenvalue weighted by Gasteiger charge is -2.19. The molecular formula is C12H6ClF8N3O4. The van der Waals surface area contributed by atoms with Gasteiger partial charge in [0, 0.05) is 11.1 Å². The van der Waals surface area contributed by atoms with Gasteiger partial charge in [-0.15, -0.1) is 0 Å². The Hall–Kier alpha value is -2.71. The summed E-state index contributed by atoms with van der Waals surface area (Å²) in [7, 11) is 0. The molecule has 0 aliphatic rings. The van der Waals surface area contributed by atoms with Crippen LogP contribution < -0.4 is 10.6 Å². The van der Waals surface area contributed by atoms with Crippen LogP contribution in [0, 0.1) is 10.1 Å². The van der Waals surface area contributed by atoms with Gasteiger partial charge in [0.2, 0.25) is 0 Å². The third-order valence-corrected chi connectivity index (χ3v) is 3.14. The number of nitrogens with zero attached hydrogens (tertiary/aromatic N) is 1. The third kappa shape index (κ3) is 4.76. The summed E-state index contributed by atoms with van der Waals surface area (Å²) in [6.07, 6.45) is -9.08. The topological polar surface area (TPSA) is 101 Å². The molecule has 0 saturated carbocycles. The van der Waals surface area contributed by atoms with Crippen molar-refractivity contribution in [3.63, 3.8) is 0 Å². The lowest BCUT2D eigenvalue weighted by molar-refractivity contribution is -0.383. The first kappa shape index (κ1) is 23.3. The molecule has 0 saturated heterocycles. The van der Waals surface area contributed by atoms with Crippen LogP contribution in [0.3, 0.4) is 0 Å². The molecule has 0 fully saturated rings. The van der Waals surface area contributed by atoms with Crippen molar-refractivity contribution in [3.05, 3.63) is 27.3 Å². The molecule has 0 aliphatic carbocycles. The Morgan fingerprint density at radius 1 is 0.964 bits per heavy atom. The Labute approximate surface area is 153 Å². The predicted molar refractivity (Wildman–Crippen MR) is 77.3 cm³/mol. The van der Waals surface area contributed by atoms with Gasteiger partial charge in [-0.25, -0.2) is 17.6 Å². The van der Waals surface area contributed by atoms with Gasteiger partial charge in [-0.3, -0.25) is 19.7 Å². The number of hydrogen-bond acceptors (Lipinski definition) is 4. The number of amides is 2. The summed E-state index contributed by atoms with van der Waals surface area (Å²) in [4.78, 5) is 32.1. The number of anilines is 2. The van der Waals surface area contributed by atoms with Gasteiger partial charge < -0.3 is 10.6 Å². The van der Waals surface area contributed by atoms with Crippen LogP contribution in [0.15, 0.2) is 12.1 Å². The van der Waals surface area contributed by atoms with Gasteiger partial charge in [0.25, 0.3) is 5.69 Å². The minimum atomic E-state index is -5.37. The molecular weight excluding hydrogens is 438 g/mol. The standard InChI is InChI=1S/C12H6ClF8N3O4/c13-3-1-4(22-9(25)11(18,19)7(14)15)6(5(2-3)24(27)28)23-10(26)12(20,21)8(16)17/h1-2,7-8H,(H,22,25)(H,23,26). The van der Waals surface area contributed by atoms with Gasteiger partial charge in [0.15, 0.2) is 0 Å². The number of carbonyl (C=O) groups excluding carboxylic acids is 2. The van der Waals surface area contributed by atoms with Crippen LogP contribution in [-0.2, 0) is 9.59 Å². The molecule has 0 aromatic heterocycles. The van der Waals surface area contributed by atoms with Crippen LogP contribution in [0.5, 0.6) is 0 Å². The van der Waals surface area contributed by atoms with Crippen molar-refractivity contribution in [2.75, 3.05) is 10.6 Å². The smallest absolute Gasteiger partial charge is 0.319 e. The lowest BCUT2D eigenvalue weighted by atomic mass is 10.2. The molecule has 7 nitrogen and oxygen atoms in total. The minimum absolute atomic E-state index is 0.387. The molecule has 0 spiro atoms. The normalized spacial score (nSPS) is 12.2. The number of nitrogens with one attached hydrogen (secondary N) is 2. The van der Waals surface area contributed by atoms with E-state index in [2.05, 4.69) is 0 Å². The number of hydrogen-bond donors (Lipinski definition) is 2. The van der Waals surface area contributed by atoms with Gasteiger partial charge in [0.1, 0.15) is 5.69 Å². The fraction of sp³-hybridized carbons (Fsp3) is 0.333. The highest BCUT2D eigenvalue weighted by Gasteiger charge is 2.51. The van der Waals surface area contributed by atoms with Gasteiger partial charge in [-0.1, -0.05) is 11.6 Å². The van der Waals surface area contributed by atoms with Crippen molar-refractivity contribution < 1.29 is 49.6 Å². The van der Waals surface area contributed by atoms with Crippen molar-refractivity contribution in [2.45, 2.75) is 24.7 Å². The second kappa shape index (κ2) is 8.12. The van der Waals surface area contributed by atoms with Crippen molar-refractivity contribution in [1.29, 1.82) is 0 Å². The van der Waals surface area contributed by atoms with E-state index in [4.69, 9.17) is 11.6 Å². The van der Waals surface area contributed by atoms with E-state index >= 15 is 0 Å². The van der Waals surface area contributed by atoms with E-state index < -0.39 is 63.5 Å². The first-order chi connectivity index (χ1) is 12.6. The van der Waals surface area contributed by atoms with Crippen LogP contribution >= 0.6 is 11.6 Å². The first-order valence-electron chi connectivity index (χ1n) is 6.55. The number of carbonyl (C=O) groups is 2. The summed E-state index contributed by atoms with van der Waals surface area (Å²) in [6, 6.07) is 0.780. The average Bonchev–Trinajstić information content (AvgIpc) is 2.55. The third-order valence-electron chi connectivity index (χ3n) is 2.92. The molecule has 0 unspecified atom stereocenters. The van der Waals surface area contributed by atoms with E-state index in [-0.39, 0.29) is 0 Å². The van der Waals surface area contributed by atoms with E-state index in [0.29, 0.717) is 12.1 Å². The van der Waals surface area contributed by atoms with Crippen LogP contribution in [0.4, 0.5) is 52.2 Å². The number of alkyl halides is 8. The predicted octanol–water partition coefficient (Wildman–Crippen LogP) is 3.93. The Morgan fingerprint density at radius 2 is 1.39 bits per heavy atom. The fourth-order valence-corrected chi connectivity index (χ4v) is 1.78. The lowest BCUT2D eigenvalue weighted by Crippen LogP contribution is -2.42. The Kier molecular flexibility index (Phi) is 6.76. The molecule has 0 aliphatic heterocycles. The summed E-state index contributed by atoms with van der Waals surface area (Å²) in [5, 5.41) is 12.3. The first-order valence-corrected chi connectivity index (χ1v) is 6.92. The highest BCUT2D eigenvalue weighted by molar-refractivity contribution is 6.31. The number of benzene rings is 1. The quantitative estimate of drug-likeness (QED) is 0.379. The zero-order chi connectivity index (χ0) is 22.0. The minimum Gasteiger partial charge on any atom is -0.319 e. The zero-order valence-electron chi connectivity index (χ0n) is 12.8. The molecule has 1 rings (SSSR count). The van der Waals surface area contributed by atoms with E-state index in [1.54, 1.807) is 0 Å². The van der Waals surface area contributed by atoms with E-state index in [0.717, 1.165) is 10.6 Å². The molecule has 1 aromatic rings. The largest absolute Gasteiger partial charge is 0.383 e. The molecule has 0 bridgehead atoms. The number of rotatable bonds is 7. The molecule has 1 aromatic carbocycles. The summed E-state index contributed by atoms with van der Waals surface area (Å²) in [5.74, 6) is -16.2. The van der Waals surface area contributed by atoms with E-state index in [1.807, 2.05) is 0 Å². The van der Waals surface area contributed by atoms with E-state index in [1.165, 1.54) is 0 Å². The molecule has 2 amide bonds. The molecule has 156 valence electrons. The molecule has 2 N–H and O–H groups in total. The highest BCUT2D eigenvalue weighted by atomic mass is 35.5. The number of nitro benzene ring substituents is 1. The molecule has 0 radical (unpaired) electrons. The van der Waals surface area contributed by atoms with Crippen LogP contribution in [-0.4, -0.2) is 41.4 Å². The monoisotopic (exact) mass is 443 g/mol. The Morgan fingerprint density at radius 3 is 1.79 bits per heavy atom. The maximum absolute atomic E-state index is 13.1. The van der Waals surface area contributed by atoms with Gasteiger partial charge >= 0.3 is 36.5 Å². The summed E-state index contributed by atoms with van der Waals surface area (Å²) < 4.78 is 101. The summed E-state index contributed by atoms with van der Waals surface area (Å²) >= 11 is 5.43. The average molecular weight is 444 g/mol. The van der Waals surface area contributed by atoms with Crippen LogP contribution in [0.1, 0.15) is 0 Å². The van der Waals surface area contributed by atoms with E-state index in [9.17, 15) is 54.8 Å². The Balaban J connectivity index is 3.47. The van der Waals surface area contributed by atoms with Crippen molar-refractivity contribution in [1.82, 2.24) is 0 Å². The van der Waals surface area contributed by atoms with Gasteiger partial charge in [-0.05, 0) is 6.07 Å². The second-order valence-corrected chi connectivity index (χ2v) is 5.30. The van der Waals surface area contributed by atoms with Crippen molar-refractivity contribution in [2.24, 2.45) is 0 Å². The fourth-order valence-electron chi connectivity index (χ4n) is 1.57. The maximum atomic E-state index is 13.1. The maximum Gasteiger partial charge on any atom is 0.383 e. The van der Waals surface area contributed by atoms with Crippen molar-refractivity contribution >= 4 is 40.5 Å². The van der Waals surface area contributed by atoms with Crippen molar-refractivity contribution in [3.8, 4) is 0 Å². The van der Waals surface area contributed by atoms with Crippen LogP contribution in [0.25, 0.3) is 0 Å². The zero-order valence-corrected chi connectivity index (χ0v) is 13.5. The summed E-state index contributed by atoms with van der Waals surface area (Å²) in [6.45, 7) is 0. The Bertz CT molecular complexity index is 805. The second-order valence-electron chi connectivity index (χ2n) is 4.86. The number of nitro groups is 1.